The number of hydrogen-bond donors (Lipinski definition) is 1. The molecule has 0 unspecified atom stereocenters. The van der Waals surface area contributed by atoms with E-state index < -0.39 is 0 Å². The van der Waals surface area contributed by atoms with Gasteiger partial charge in [-0.1, -0.05) is 63.6 Å². The molecule has 3 aromatic rings. The second-order valence-corrected chi connectivity index (χ2v) is 6.09. The Bertz CT molecular complexity index is 730. The van der Waals surface area contributed by atoms with Crippen molar-refractivity contribution in [3.63, 3.8) is 0 Å². The maximum atomic E-state index is 4.79. The largest absolute Gasteiger partial charge is 0.341 e. The second-order valence-electron chi connectivity index (χ2n) is 6.09. The van der Waals surface area contributed by atoms with Crippen molar-refractivity contribution in [2.24, 2.45) is 0 Å². The molecule has 3 nitrogen and oxygen atoms in total. The van der Waals surface area contributed by atoms with Crippen LogP contribution in [-0.4, -0.2) is 15.0 Å². The normalized spacial score (nSPS) is 11.5. The van der Waals surface area contributed by atoms with Crippen LogP contribution in [0.2, 0.25) is 0 Å². The van der Waals surface area contributed by atoms with E-state index in [9.17, 15) is 0 Å². The highest BCUT2D eigenvalue weighted by atomic mass is 14.9. The average molecular weight is 295 g/mol. The fourth-order valence-corrected chi connectivity index (χ4v) is 3.03. The summed E-state index contributed by atoms with van der Waals surface area (Å²) in [5.41, 5.74) is 3.13. The van der Waals surface area contributed by atoms with Crippen LogP contribution in [0, 0.1) is 0 Å². The minimum Gasteiger partial charge on any atom is -0.341 e. The van der Waals surface area contributed by atoms with E-state index in [4.69, 9.17) is 4.98 Å². The Labute approximate surface area is 132 Å². The Kier molecular flexibility index (Phi) is 5.04. The number of aromatic nitrogens is 3. The quantitative estimate of drug-likeness (QED) is 0.565. The Balaban J connectivity index is 1.59. The highest BCUT2D eigenvalue weighted by Gasteiger charge is 2.07. The molecular formula is C19H25N3. The fraction of sp³-hybridized carbons (Fsp3) is 0.474. The van der Waals surface area contributed by atoms with E-state index in [1.165, 1.54) is 44.9 Å². The van der Waals surface area contributed by atoms with Gasteiger partial charge in [0.15, 0.2) is 0 Å². The molecular weight excluding hydrogens is 270 g/mol. The van der Waals surface area contributed by atoms with Gasteiger partial charge in [0.1, 0.15) is 5.82 Å². The maximum Gasteiger partial charge on any atom is 0.107 e. The smallest absolute Gasteiger partial charge is 0.107 e. The summed E-state index contributed by atoms with van der Waals surface area (Å²) in [4.78, 5) is 12.7. The number of para-hydroxylation sites is 1. The van der Waals surface area contributed by atoms with Crippen LogP contribution in [0.1, 0.15) is 57.7 Å². The number of aryl methyl sites for hydroxylation is 1. The van der Waals surface area contributed by atoms with Gasteiger partial charge in [-0.3, -0.25) is 4.98 Å². The van der Waals surface area contributed by atoms with Crippen LogP contribution in [0.5, 0.6) is 0 Å². The van der Waals surface area contributed by atoms with Gasteiger partial charge in [-0.25, -0.2) is 4.98 Å². The number of H-pyrrole nitrogens is 1. The molecule has 0 radical (unpaired) electrons. The zero-order valence-electron chi connectivity index (χ0n) is 13.4. The molecule has 3 heteroatoms. The third kappa shape index (κ3) is 3.46. The standard InChI is InChI=1S/C19H25N3/c1-2-3-4-5-6-7-8-13-18-21-17-14-20-16-12-10-9-11-15(16)19(17)22-18/h9-12,14H,2-8,13H2,1H3,(H,21,22). The summed E-state index contributed by atoms with van der Waals surface area (Å²) < 4.78 is 0. The molecule has 1 N–H and O–H groups in total. The lowest BCUT2D eigenvalue weighted by Gasteiger charge is -1.99. The van der Waals surface area contributed by atoms with Crippen molar-refractivity contribution < 1.29 is 0 Å². The first-order chi connectivity index (χ1) is 10.9. The van der Waals surface area contributed by atoms with Crippen LogP contribution in [0.4, 0.5) is 0 Å². The lowest BCUT2D eigenvalue weighted by Crippen LogP contribution is -1.88. The molecule has 0 saturated carbocycles. The van der Waals surface area contributed by atoms with Crippen molar-refractivity contribution in [2.75, 3.05) is 0 Å². The van der Waals surface area contributed by atoms with Crippen LogP contribution < -0.4 is 0 Å². The van der Waals surface area contributed by atoms with Crippen molar-refractivity contribution in [2.45, 2.75) is 58.3 Å². The topological polar surface area (TPSA) is 41.6 Å². The van der Waals surface area contributed by atoms with E-state index in [0.717, 1.165) is 34.2 Å². The number of hydrogen-bond acceptors (Lipinski definition) is 2. The molecule has 0 bridgehead atoms. The second kappa shape index (κ2) is 7.39. The average Bonchev–Trinajstić information content (AvgIpc) is 2.97. The molecule has 116 valence electrons. The van der Waals surface area contributed by atoms with E-state index >= 15 is 0 Å². The van der Waals surface area contributed by atoms with Crippen LogP contribution >= 0.6 is 0 Å². The summed E-state index contributed by atoms with van der Waals surface area (Å²) in [6, 6.07) is 8.21. The molecule has 2 aromatic heterocycles. The Morgan fingerprint density at radius 1 is 0.955 bits per heavy atom. The Morgan fingerprint density at radius 2 is 1.73 bits per heavy atom. The van der Waals surface area contributed by atoms with E-state index in [0.29, 0.717) is 0 Å². The molecule has 0 spiro atoms. The number of nitrogens with one attached hydrogen (secondary N) is 1. The SMILES string of the molecule is CCCCCCCCCc1nc2c(cnc3ccccc32)[nH]1. The highest BCUT2D eigenvalue weighted by Crippen LogP contribution is 2.21. The summed E-state index contributed by atoms with van der Waals surface area (Å²) in [6.45, 7) is 2.26. The molecule has 0 saturated heterocycles. The monoisotopic (exact) mass is 295 g/mol. The Morgan fingerprint density at radius 3 is 2.59 bits per heavy atom. The Hall–Kier alpha value is -1.90. The number of pyridine rings is 1. The van der Waals surface area contributed by atoms with E-state index in [1.807, 2.05) is 24.4 Å². The summed E-state index contributed by atoms with van der Waals surface area (Å²) >= 11 is 0. The van der Waals surface area contributed by atoms with Gasteiger partial charge in [0.25, 0.3) is 0 Å². The van der Waals surface area contributed by atoms with Crippen molar-refractivity contribution in [3.05, 3.63) is 36.3 Å². The summed E-state index contributed by atoms with van der Waals surface area (Å²) in [5.74, 6) is 1.10. The van der Waals surface area contributed by atoms with Crippen LogP contribution in [0.3, 0.4) is 0 Å². The van der Waals surface area contributed by atoms with E-state index in [1.54, 1.807) is 0 Å². The number of nitrogens with zero attached hydrogens (tertiary/aromatic N) is 2. The highest BCUT2D eigenvalue weighted by molar-refractivity contribution is 6.01. The molecule has 2 heterocycles. The lowest BCUT2D eigenvalue weighted by atomic mass is 10.1. The predicted molar refractivity (Wildman–Crippen MR) is 93.1 cm³/mol. The van der Waals surface area contributed by atoms with E-state index in [-0.39, 0.29) is 0 Å². The van der Waals surface area contributed by atoms with Crippen molar-refractivity contribution >= 4 is 21.9 Å². The van der Waals surface area contributed by atoms with Gasteiger partial charge >= 0.3 is 0 Å². The third-order valence-electron chi connectivity index (χ3n) is 4.29. The number of benzene rings is 1. The van der Waals surface area contributed by atoms with Gasteiger partial charge in [-0.05, 0) is 12.5 Å². The van der Waals surface area contributed by atoms with Gasteiger partial charge < -0.3 is 4.98 Å². The first kappa shape index (κ1) is 15.0. The number of unbranched alkanes of at least 4 members (excludes halogenated alkanes) is 6. The molecule has 1 aromatic carbocycles. The number of imidazole rings is 1. The van der Waals surface area contributed by atoms with Crippen molar-refractivity contribution in [1.82, 2.24) is 15.0 Å². The molecule has 0 amide bonds. The first-order valence-electron chi connectivity index (χ1n) is 8.61. The van der Waals surface area contributed by atoms with Crippen LogP contribution in [0.15, 0.2) is 30.5 Å². The first-order valence-corrected chi connectivity index (χ1v) is 8.61. The van der Waals surface area contributed by atoms with Gasteiger partial charge in [0, 0.05) is 11.8 Å². The summed E-state index contributed by atoms with van der Waals surface area (Å²) in [6.07, 6.45) is 12.3. The maximum absolute atomic E-state index is 4.79. The molecule has 0 atom stereocenters. The van der Waals surface area contributed by atoms with Gasteiger partial charge in [-0.2, -0.15) is 0 Å². The summed E-state index contributed by atoms with van der Waals surface area (Å²) in [5, 5.41) is 1.14. The molecule has 22 heavy (non-hydrogen) atoms. The van der Waals surface area contributed by atoms with Crippen LogP contribution in [0.25, 0.3) is 21.9 Å². The van der Waals surface area contributed by atoms with Crippen molar-refractivity contribution in [3.8, 4) is 0 Å². The molecule has 0 aliphatic carbocycles. The minimum absolute atomic E-state index is 1.02. The molecule has 0 aliphatic heterocycles. The summed E-state index contributed by atoms with van der Waals surface area (Å²) in [7, 11) is 0. The number of rotatable bonds is 8. The van der Waals surface area contributed by atoms with E-state index in [2.05, 4.69) is 23.0 Å². The van der Waals surface area contributed by atoms with Gasteiger partial charge in [-0.15, -0.1) is 0 Å². The lowest BCUT2D eigenvalue weighted by molar-refractivity contribution is 0.585. The predicted octanol–water partition coefficient (Wildman–Crippen LogP) is 5.40. The molecule has 0 fully saturated rings. The van der Waals surface area contributed by atoms with Crippen LogP contribution in [-0.2, 0) is 6.42 Å². The fourth-order valence-electron chi connectivity index (χ4n) is 3.03. The van der Waals surface area contributed by atoms with Gasteiger partial charge in [0.2, 0.25) is 0 Å². The minimum atomic E-state index is 1.02. The van der Waals surface area contributed by atoms with Gasteiger partial charge in [0.05, 0.1) is 22.7 Å². The number of aromatic amines is 1. The third-order valence-corrected chi connectivity index (χ3v) is 4.29. The van der Waals surface area contributed by atoms with Crippen molar-refractivity contribution in [1.29, 1.82) is 0 Å². The molecule has 3 rings (SSSR count). The zero-order chi connectivity index (χ0) is 15.2. The zero-order valence-corrected chi connectivity index (χ0v) is 13.4. The molecule has 0 aliphatic rings. The number of fused-ring (bicyclic) bond motifs is 3.